The average Bonchev–Trinajstić information content (AvgIpc) is 2.86. The fraction of sp³-hybridized carbons (Fsp3) is 0.222. The van der Waals surface area contributed by atoms with Gasteiger partial charge in [0.1, 0.15) is 6.04 Å². The van der Waals surface area contributed by atoms with Gasteiger partial charge in [0, 0.05) is 18.0 Å². The molecule has 0 fully saturated rings. The van der Waals surface area contributed by atoms with Crippen LogP contribution in [0.3, 0.4) is 0 Å². The summed E-state index contributed by atoms with van der Waals surface area (Å²) in [6, 6.07) is 3.73. The van der Waals surface area contributed by atoms with Gasteiger partial charge in [-0.25, -0.2) is 0 Å². The molecule has 5 nitrogen and oxygen atoms in total. The normalized spacial score (nSPS) is 12.3. The number of H-pyrrole nitrogens is 1. The molecule has 0 aliphatic heterocycles. The van der Waals surface area contributed by atoms with E-state index in [0.29, 0.717) is 0 Å². The van der Waals surface area contributed by atoms with Gasteiger partial charge >= 0.3 is 0 Å². The highest BCUT2D eigenvalue weighted by molar-refractivity contribution is 5.55. The summed E-state index contributed by atoms with van der Waals surface area (Å²) in [5.74, 6) is 0. The van der Waals surface area contributed by atoms with Crippen LogP contribution in [0.2, 0.25) is 0 Å². The maximum absolute atomic E-state index is 8.70. The molecule has 14 heavy (non-hydrogen) atoms. The number of rotatable bonds is 2. The van der Waals surface area contributed by atoms with E-state index in [1.807, 2.05) is 12.3 Å². The quantitative estimate of drug-likeness (QED) is 0.771. The molecular formula is C9H9N5. The van der Waals surface area contributed by atoms with Crippen molar-refractivity contribution in [2.45, 2.75) is 13.0 Å². The molecule has 0 radical (unpaired) electrons. The van der Waals surface area contributed by atoms with Crippen molar-refractivity contribution in [2.24, 2.45) is 0 Å². The standard InChI is InChI=1S/C9H9N5/c1-7(4-10)14-6-8(5-12-14)9-2-3-11-13-9/h2-3,5-7H,1H3,(H,11,13). The summed E-state index contributed by atoms with van der Waals surface area (Å²) in [4.78, 5) is 0. The fourth-order valence-corrected chi connectivity index (χ4v) is 1.16. The molecule has 2 aromatic rings. The van der Waals surface area contributed by atoms with Crippen LogP contribution in [0.4, 0.5) is 0 Å². The first-order valence-electron chi connectivity index (χ1n) is 4.25. The second kappa shape index (κ2) is 3.34. The molecule has 0 aliphatic rings. The van der Waals surface area contributed by atoms with Crippen molar-refractivity contribution in [3.05, 3.63) is 24.7 Å². The van der Waals surface area contributed by atoms with Crippen LogP contribution in [-0.4, -0.2) is 20.0 Å². The van der Waals surface area contributed by atoms with Crippen LogP contribution in [0.1, 0.15) is 13.0 Å². The molecule has 0 aromatic carbocycles. The molecule has 0 bridgehead atoms. The number of aromatic amines is 1. The number of hydrogen-bond donors (Lipinski definition) is 1. The lowest BCUT2D eigenvalue weighted by molar-refractivity contribution is 0.591. The number of nitriles is 1. The molecule has 0 aliphatic carbocycles. The summed E-state index contributed by atoms with van der Waals surface area (Å²) >= 11 is 0. The van der Waals surface area contributed by atoms with Gasteiger partial charge in [0.2, 0.25) is 0 Å². The average molecular weight is 187 g/mol. The van der Waals surface area contributed by atoms with E-state index < -0.39 is 0 Å². The van der Waals surface area contributed by atoms with Gasteiger partial charge in [0.25, 0.3) is 0 Å². The van der Waals surface area contributed by atoms with E-state index in [1.165, 1.54) is 0 Å². The van der Waals surface area contributed by atoms with Crippen LogP contribution in [-0.2, 0) is 0 Å². The number of hydrogen-bond acceptors (Lipinski definition) is 3. The minimum absolute atomic E-state index is 0.244. The maximum atomic E-state index is 8.70. The third-order valence-corrected chi connectivity index (χ3v) is 2.00. The smallest absolute Gasteiger partial charge is 0.135 e. The van der Waals surface area contributed by atoms with Gasteiger partial charge in [-0.15, -0.1) is 0 Å². The van der Waals surface area contributed by atoms with Crippen LogP contribution in [0, 0.1) is 11.3 Å². The molecule has 0 amide bonds. The summed E-state index contributed by atoms with van der Waals surface area (Å²) < 4.78 is 1.62. The van der Waals surface area contributed by atoms with Crippen LogP contribution >= 0.6 is 0 Å². The molecule has 5 heteroatoms. The van der Waals surface area contributed by atoms with Crippen molar-refractivity contribution >= 4 is 0 Å². The Morgan fingerprint density at radius 2 is 2.50 bits per heavy atom. The predicted molar refractivity (Wildman–Crippen MR) is 50.1 cm³/mol. The summed E-state index contributed by atoms with van der Waals surface area (Å²) in [6.45, 7) is 1.80. The molecule has 0 spiro atoms. The number of nitrogens with one attached hydrogen (secondary N) is 1. The zero-order chi connectivity index (χ0) is 9.97. The summed E-state index contributed by atoms with van der Waals surface area (Å²) in [7, 11) is 0. The maximum Gasteiger partial charge on any atom is 0.135 e. The predicted octanol–water partition coefficient (Wildman–Crippen LogP) is 1.36. The molecule has 2 aromatic heterocycles. The largest absolute Gasteiger partial charge is 0.278 e. The Labute approximate surface area is 81.0 Å². The lowest BCUT2D eigenvalue weighted by Crippen LogP contribution is -2.01. The summed E-state index contributed by atoms with van der Waals surface area (Å²) in [5.41, 5.74) is 1.84. The second-order valence-electron chi connectivity index (χ2n) is 2.98. The van der Waals surface area contributed by atoms with E-state index >= 15 is 0 Å². The molecule has 1 N–H and O–H groups in total. The van der Waals surface area contributed by atoms with Crippen molar-refractivity contribution < 1.29 is 0 Å². The van der Waals surface area contributed by atoms with Crippen molar-refractivity contribution in [3.8, 4) is 17.3 Å². The molecule has 2 heterocycles. The Hall–Kier alpha value is -2.09. The van der Waals surface area contributed by atoms with Gasteiger partial charge in [0.05, 0.1) is 18.0 Å². The van der Waals surface area contributed by atoms with Crippen molar-refractivity contribution in [1.82, 2.24) is 20.0 Å². The first-order chi connectivity index (χ1) is 6.81. The fourth-order valence-electron chi connectivity index (χ4n) is 1.16. The molecule has 0 saturated carbocycles. The van der Waals surface area contributed by atoms with Crippen molar-refractivity contribution in [3.63, 3.8) is 0 Å². The van der Waals surface area contributed by atoms with E-state index in [9.17, 15) is 0 Å². The van der Waals surface area contributed by atoms with E-state index in [-0.39, 0.29) is 6.04 Å². The third kappa shape index (κ3) is 1.38. The van der Waals surface area contributed by atoms with Crippen LogP contribution in [0.25, 0.3) is 11.3 Å². The Morgan fingerprint density at radius 3 is 3.14 bits per heavy atom. The number of nitrogens with zero attached hydrogens (tertiary/aromatic N) is 4. The molecule has 70 valence electrons. The monoisotopic (exact) mass is 187 g/mol. The lowest BCUT2D eigenvalue weighted by Gasteiger charge is -1.99. The van der Waals surface area contributed by atoms with Gasteiger partial charge in [0.15, 0.2) is 0 Å². The van der Waals surface area contributed by atoms with E-state index in [0.717, 1.165) is 11.3 Å². The Kier molecular flexibility index (Phi) is 2.03. The highest BCUT2D eigenvalue weighted by Gasteiger charge is 2.06. The molecule has 2 rings (SSSR count). The third-order valence-electron chi connectivity index (χ3n) is 2.00. The minimum atomic E-state index is -0.244. The first kappa shape index (κ1) is 8.51. The van der Waals surface area contributed by atoms with Crippen molar-refractivity contribution in [1.29, 1.82) is 5.26 Å². The lowest BCUT2D eigenvalue weighted by atomic mass is 10.3. The summed E-state index contributed by atoms with van der Waals surface area (Å²) in [6.07, 6.45) is 5.21. The van der Waals surface area contributed by atoms with Crippen molar-refractivity contribution in [2.75, 3.05) is 0 Å². The Morgan fingerprint density at radius 1 is 1.64 bits per heavy atom. The molecule has 0 saturated heterocycles. The number of aromatic nitrogens is 4. The minimum Gasteiger partial charge on any atom is -0.278 e. The van der Waals surface area contributed by atoms with E-state index in [1.54, 1.807) is 24.0 Å². The second-order valence-corrected chi connectivity index (χ2v) is 2.98. The van der Waals surface area contributed by atoms with Crippen LogP contribution < -0.4 is 0 Å². The zero-order valence-electron chi connectivity index (χ0n) is 7.68. The first-order valence-corrected chi connectivity index (χ1v) is 4.25. The van der Waals surface area contributed by atoms with Crippen LogP contribution in [0.15, 0.2) is 24.7 Å². The van der Waals surface area contributed by atoms with Gasteiger partial charge < -0.3 is 0 Å². The highest BCUT2D eigenvalue weighted by Crippen LogP contribution is 2.16. The topological polar surface area (TPSA) is 70.3 Å². The van der Waals surface area contributed by atoms with E-state index in [4.69, 9.17) is 5.26 Å². The van der Waals surface area contributed by atoms with E-state index in [2.05, 4.69) is 21.4 Å². The SMILES string of the molecule is CC(C#N)n1cc(-c2ccn[nH]2)cn1. The van der Waals surface area contributed by atoms with Gasteiger partial charge in [-0.1, -0.05) is 0 Å². The Bertz CT molecular complexity index is 448. The molecular weight excluding hydrogens is 178 g/mol. The van der Waals surface area contributed by atoms with Crippen LogP contribution in [0.5, 0.6) is 0 Å². The van der Waals surface area contributed by atoms with Gasteiger partial charge in [-0.2, -0.15) is 15.5 Å². The molecule has 1 unspecified atom stereocenters. The summed E-state index contributed by atoms with van der Waals surface area (Å²) in [5, 5.41) is 19.5. The zero-order valence-corrected chi connectivity index (χ0v) is 7.68. The Balaban J connectivity index is 2.32. The molecule has 1 atom stereocenters. The highest BCUT2D eigenvalue weighted by atomic mass is 15.3. The van der Waals surface area contributed by atoms with Gasteiger partial charge in [-0.05, 0) is 13.0 Å². The van der Waals surface area contributed by atoms with Gasteiger partial charge in [-0.3, -0.25) is 9.78 Å².